The molecule has 2 aromatic rings. The molecule has 264 valence electrons. The van der Waals surface area contributed by atoms with Crippen molar-refractivity contribution in [2.75, 3.05) is 31.1 Å². The number of hydrogen-bond acceptors (Lipinski definition) is 12. The van der Waals surface area contributed by atoms with Gasteiger partial charge in [-0.2, -0.15) is 0 Å². The summed E-state index contributed by atoms with van der Waals surface area (Å²) in [5, 5.41) is 23.2. The maximum atomic E-state index is 13.8. The van der Waals surface area contributed by atoms with Gasteiger partial charge in [0.25, 0.3) is 11.6 Å². The minimum Gasteiger partial charge on any atom is -0.456 e. The Labute approximate surface area is 294 Å². The topological polar surface area (TPSA) is 156 Å². The Balaban J connectivity index is 1.17. The van der Waals surface area contributed by atoms with Crippen molar-refractivity contribution >= 4 is 60.0 Å². The Kier molecular flexibility index (Phi) is 9.49. The number of β-lactam (4-membered cyclic amide) rings is 1. The Morgan fingerprint density at radius 3 is 2.43 bits per heavy atom. The number of rotatable bonds is 11. The molecule has 1 N–H and O–H groups in total. The molecule has 4 aliphatic rings. The molecule has 49 heavy (non-hydrogen) atoms. The third kappa shape index (κ3) is 6.65. The lowest BCUT2D eigenvalue weighted by molar-refractivity contribution is -0.384. The highest BCUT2D eigenvalue weighted by Gasteiger charge is 2.61. The molecule has 13 nitrogen and oxygen atoms in total. The second-order valence-corrected chi connectivity index (χ2v) is 21.8. The molecule has 0 aliphatic carbocycles. The van der Waals surface area contributed by atoms with E-state index in [0.717, 1.165) is 10.0 Å². The SMILES string of the molecule is C[C@@H](O[Si](C)(C)C(C)(C)C)[C@H]1C(=O)N2C(C(=O)OCc3ccc([N+](=O)[O-])cc3)=C(SC3CN(c4nc(C(=O)N5CC(O)C5)cs4)C3)[C@H](C)[C@H]12. The average molecular weight is 730 g/mol. The number of aliphatic hydroxyl groups excluding tert-OH is 1. The second kappa shape index (κ2) is 13.1. The average Bonchev–Trinajstić information content (AvgIpc) is 3.56. The number of nitrogens with zero attached hydrogens (tertiary/aromatic N) is 5. The van der Waals surface area contributed by atoms with Crippen molar-refractivity contribution in [3.8, 4) is 0 Å². The van der Waals surface area contributed by atoms with Gasteiger partial charge in [-0.25, -0.2) is 9.78 Å². The smallest absolute Gasteiger partial charge is 0.356 e. The molecule has 0 bridgehead atoms. The van der Waals surface area contributed by atoms with Gasteiger partial charge < -0.3 is 29.0 Å². The zero-order valence-corrected chi connectivity index (χ0v) is 31.4. The van der Waals surface area contributed by atoms with Gasteiger partial charge in [-0.15, -0.1) is 23.1 Å². The first kappa shape index (κ1) is 35.5. The van der Waals surface area contributed by atoms with E-state index < -0.39 is 31.2 Å². The number of ether oxygens (including phenoxy) is 1. The van der Waals surface area contributed by atoms with Gasteiger partial charge in [0.2, 0.25) is 5.91 Å². The van der Waals surface area contributed by atoms with Crippen LogP contribution in [0.25, 0.3) is 0 Å². The number of fused-ring (bicyclic) bond motifs is 1. The first-order chi connectivity index (χ1) is 23.0. The molecule has 1 aromatic heterocycles. The molecule has 4 atom stereocenters. The van der Waals surface area contributed by atoms with Crippen LogP contribution >= 0.6 is 23.1 Å². The Morgan fingerprint density at radius 2 is 1.84 bits per heavy atom. The van der Waals surface area contributed by atoms with E-state index in [4.69, 9.17) is 9.16 Å². The van der Waals surface area contributed by atoms with Crippen molar-refractivity contribution in [1.29, 1.82) is 0 Å². The number of carbonyl (C=O) groups is 3. The van der Waals surface area contributed by atoms with Crippen LogP contribution in [0.2, 0.25) is 18.1 Å². The van der Waals surface area contributed by atoms with Gasteiger partial charge in [-0.3, -0.25) is 19.7 Å². The Bertz CT molecular complexity index is 1680. The summed E-state index contributed by atoms with van der Waals surface area (Å²) < 4.78 is 12.4. The maximum absolute atomic E-state index is 13.8. The molecule has 0 unspecified atom stereocenters. The van der Waals surface area contributed by atoms with Gasteiger partial charge in [-0.05, 0) is 42.8 Å². The lowest BCUT2D eigenvalue weighted by atomic mass is 9.79. The first-order valence-electron chi connectivity index (χ1n) is 16.5. The molecule has 1 aromatic carbocycles. The van der Waals surface area contributed by atoms with Gasteiger partial charge in [0, 0.05) is 59.8 Å². The molecule has 5 heterocycles. The number of hydrogen-bond donors (Lipinski definition) is 1. The molecule has 4 aliphatic heterocycles. The predicted octanol–water partition coefficient (Wildman–Crippen LogP) is 4.63. The van der Waals surface area contributed by atoms with Gasteiger partial charge in [0.1, 0.15) is 18.0 Å². The Hall–Kier alpha value is -3.31. The van der Waals surface area contributed by atoms with Crippen molar-refractivity contribution in [3.63, 3.8) is 0 Å². The minimum absolute atomic E-state index is 0.0277. The number of benzene rings is 1. The lowest BCUT2D eigenvalue weighted by Gasteiger charge is -2.50. The molecule has 3 fully saturated rings. The summed E-state index contributed by atoms with van der Waals surface area (Å²) in [5.41, 5.74) is 1.18. The first-order valence-corrected chi connectivity index (χ1v) is 21.1. The van der Waals surface area contributed by atoms with E-state index in [1.165, 1.54) is 23.5 Å². The number of carbonyl (C=O) groups excluding carboxylic acids is 3. The number of thiazole rings is 1. The largest absolute Gasteiger partial charge is 0.456 e. The summed E-state index contributed by atoms with van der Waals surface area (Å²) in [5.74, 6) is -1.45. The molecule has 0 radical (unpaired) electrons. The van der Waals surface area contributed by atoms with Gasteiger partial charge >= 0.3 is 5.97 Å². The molecular weight excluding hydrogens is 687 g/mol. The third-order valence-corrected chi connectivity index (χ3v) is 17.3. The zero-order chi connectivity index (χ0) is 35.6. The number of non-ortho nitro benzene ring substituents is 1. The molecule has 0 spiro atoms. The molecule has 0 saturated carbocycles. The summed E-state index contributed by atoms with van der Waals surface area (Å²) in [6.45, 7) is 16.7. The standard InChI is InChI=1S/C33H43N5O8S2Si/c1-18-26-25(19(2)46-49(6,7)33(3,4)5)30(41)37(26)27(31(42)45-16-20-8-10-21(11-9-20)38(43)44)28(18)48-23-14-36(15-23)32-34-24(17-47-32)29(40)35-12-22(39)13-35/h8-11,17-19,22-23,25-26,39H,12-16H2,1-7H3/t18-,19-,25-,26-/m1/s1. The van der Waals surface area contributed by atoms with E-state index >= 15 is 0 Å². The highest BCUT2D eigenvalue weighted by Crippen LogP contribution is 2.53. The van der Waals surface area contributed by atoms with Crippen LogP contribution in [0.1, 0.15) is 50.7 Å². The Morgan fingerprint density at radius 1 is 1.18 bits per heavy atom. The van der Waals surface area contributed by atoms with Crippen LogP contribution in [-0.4, -0.2) is 101 Å². The number of esters is 1. The van der Waals surface area contributed by atoms with Gasteiger partial charge in [0.05, 0.1) is 29.1 Å². The fraction of sp³-hybridized carbons (Fsp3) is 0.576. The fourth-order valence-electron chi connectivity index (χ4n) is 6.44. The highest BCUT2D eigenvalue weighted by atomic mass is 32.2. The quantitative estimate of drug-likeness (QED) is 0.113. The van der Waals surface area contributed by atoms with Gasteiger partial charge in [-0.1, -0.05) is 27.7 Å². The summed E-state index contributed by atoms with van der Waals surface area (Å²) in [7, 11) is -2.17. The van der Waals surface area contributed by atoms with Crippen LogP contribution in [0.3, 0.4) is 0 Å². The van der Waals surface area contributed by atoms with Crippen LogP contribution < -0.4 is 4.90 Å². The number of anilines is 1. The summed E-state index contributed by atoms with van der Waals surface area (Å²) in [6.07, 6.45) is -0.795. The predicted molar refractivity (Wildman–Crippen MR) is 189 cm³/mol. The number of aliphatic hydroxyl groups is 1. The normalized spacial score (nSPS) is 23.6. The van der Waals surface area contributed by atoms with E-state index in [1.54, 1.807) is 39.1 Å². The van der Waals surface area contributed by atoms with Crippen molar-refractivity contribution < 1.29 is 33.6 Å². The van der Waals surface area contributed by atoms with Crippen LogP contribution in [0.15, 0.2) is 40.2 Å². The number of aromatic nitrogens is 1. The summed E-state index contributed by atoms with van der Waals surface area (Å²) >= 11 is 2.99. The molecule has 3 saturated heterocycles. The molecule has 16 heteroatoms. The second-order valence-electron chi connectivity index (χ2n) is 14.8. The van der Waals surface area contributed by atoms with Crippen LogP contribution in [-0.2, 0) is 25.4 Å². The zero-order valence-electron chi connectivity index (χ0n) is 28.7. The van der Waals surface area contributed by atoms with Gasteiger partial charge in [0.15, 0.2) is 13.4 Å². The summed E-state index contributed by atoms with van der Waals surface area (Å²) in [4.78, 5) is 61.5. The van der Waals surface area contributed by atoms with E-state index in [2.05, 4.69) is 50.7 Å². The maximum Gasteiger partial charge on any atom is 0.356 e. The number of β-amino-alcohol motifs (C(OH)–C–C–N with tert-alkyl or cyclic N) is 1. The molecular formula is C33H43N5O8S2Si. The van der Waals surface area contributed by atoms with E-state index in [0.29, 0.717) is 37.4 Å². The summed E-state index contributed by atoms with van der Waals surface area (Å²) in [6, 6.07) is 5.59. The van der Waals surface area contributed by atoms with Crippen molar-refractivity contribution in [2.24, 2.45) is 11.8 Å². The minimum atomic E-state index is -2.17. The van der Waals surface area contributed by atoms with E-state index in [9.17, 15) is 29.6 Å². The number of thioether (sulfide) groups is 1. The van der Waals surface area contributed by atoms with Crippen molar-refractivity contribution in [2.45, 2.75) is 82.9 Å². The number of likely N-dealkylation sites (tertiary alicyclic amines) is 1. The number of amides is 2. The van der Waals surface area contributed by atoms with Crippen molar-refractivity contribution in [1.82, 2.24) is 14.8 Å². The number of nitro benzene ring substituents is 1. The lowest BCUT2D eigenvalue weighted by Crippen LogP contribution is -2.65. The van der Waals surface area contributed by atoms with Crippen LogP contribution in [0.5, 0.6) is 0 Å². The monoisotopic (exact) mass is 729 g/mol. The molecule has 2 amide bonds. The third-order valence-electron chi connectivity index (χ3n) is 10.4. The highest BCUT2D eigenvalue weighted by molar-refractivity contribution is 8.03. The van der Waals surface area contributed by atoms with E-state index in [-0.39, 0.29) is 58.2 Å². The van der Waals surface area contributed by atoms with Crippen molar-refractivity contribution in [3.05, 3.63) is 61.6 Å². The van der Waals surface area contributed by atoms with Crippen LogP contribution in [0, 0.1) is 22.0 Å². The molecule has 6 rings (SSSR count). The number of nitro groups is 1. The van der Waals surface area contributed by atoms with E-state index in [1.807, 2.05) is 6.92 Å². The van der Waals surface area contributed by atoms with Crippen LogP contribution in [0.4, 0.5) is 10.8 Å². The fourth-order valence-corrected chi connectivity index (χ4v) is 10.2.